The average Bonchev–Trinajstić information content (AvgIpc) is 2.35. The van der Waals surface area contributed by atoms with Gasteiger partial charge in [-0.1, -0.05) is 55.0 Å². The average molecular weight is 306 g/mol. The summed E-state index contributed by atoms with van der Waals surface area (Å²) in [4.78, 5) is 4.76. The summed E-state index contributed by atoms with van der Waals surface area (Å²) >= 11 is 0. The van der Waals surface area contributed by atoms with Crippen LogP contribution in [0, 0.1) is 28.6 Å². The van der Waals surface area contributed by atoms with Crippen LogP contribution in [0.5, 0.6) is 0 Å². The third-order valence-corrected chi connectivity index (χ3v) is 5.51. The van der Waals surface area contributed by atoms with Crippen LogP contribution in [0.15, 0.2) is 17.3 Å². The summed E-state index contributed by atoms with van der Waals surface area (Å²) in [5, 5.41) is 0. The Bertz CT molecular complexity index is 395. The molecule has 0 saturated heterocycles. The lowest BCUT2D eigenvalue weighted by Gasteiger charge is -2.39. The maximum Gasteiger partial charge on any atom is 0.0300 e. The van der Waals surface area contributed by atoms with Crippen LogP contribution >= 0.6 is 0 Å². The molecule has 0 N–H and O–H groups in total. The minimum absolute atomic E-state index is 0.149. The Morgan fingerprint density at radius 2 is 1.55 bits per heavy atom. The predicted octanol–water partition coefficient (Wildman–Crippen LogP) is 6.89. The van der Waals surface area contributed by atoms with Crippen molar-refractivity contribution in [3.8, 4) is 0 Å². The van der Waals surface area contributed by atoms with E-state index in [0.29, 0.717) is 5.41 Å². The van der Waals surface area contributed by atoms with E-state index >= 15 is 0 Å². The van der Waals surface area contributed by atoms with Gasteiger partial charge >= 0.3 is 0 Å². The van der Waals surface area contributed by atoms with E-state index in [-0.39, 0.29) is 5.41 Å². The van der Waals surface area contributed by atoms with Crippen LogP contribution in [0.25, 0.3) is 0 Å². The molecule has 1 fully saturated rings. The van der Waals surface area contributed by atoms with Crippen molar-refractivity contribution >= 4 is 5.71 Å². The van der Waals surface area contributed by atoms with E-state index in [1.165, 1.54) is 31.4 Å². The standard InChI is InChI=1S/C21H39N/c1-15(2)22-19(21(7,8)9)14-16(3)17-10-12-18(13-11-17)20(4,5)6/h16-18H,1,10-14H2,2-9H3. The molecule has 1 heteroatoms. The molecule has 0 amide bonds. The van der Waals surface area contributed by atoms with Crippen molar-refractivity contribution < 1.29 is 0 Å². The molecule has 1 rings (SSSR count). The molecule has 1 aliphatic rings. The molecule has 1 unspecified atom stereocenters. The van der Waals surface area contributed by atoms with Crippen LogP contribution < -0.4 is 0 Å². The molecule has 1 saturated carbocycles. The highest BCUT2D eigenvalue weighted by Gasteiger charge is 2.32. The Balaban J connectivity index is 2.66. The topological polar surface area (TPSA) is 12.4 Å². The van der Waals surface area contributed by atoms with Gasteiger partial charge in [0.25, 0.3) is 0 Å². The van der Waals surface area contributed by atoms with Crippen molar-refractivity contribution in [3.05, 3.63) is 12.3 Å². The van der Waals surface area contributed by atoms with Crippen LogP contribution in [-0.2, 0) is 0 Å². The number of hydrogen-bond acceptors (Lipinski definition) is 1. The van der Waals surface area contributed by atoms with Gasteiger partial charge in [0.05, 0.1) is 0 Å². The second-order valence-electron chi connectivity index (χ2n) is 9.70. The fourth-order valence-corrected chi connectivity index (χ4v) is 3.78. The van der Waals surface area contributed by atoms with E-state index in [9.17, 15) is 0 Å². The van der Waals surface area contributed by atoms with Gasteiger partial charge in [-0.3, -0.25) is 4.99 Å². The molecular formula is C21H39N. The van der Waals surface area contributed by atoms with E-state index in [2.05, 4.69) is 55.0 Å². The Morgan fingerprint density at radius 3 is 1.91 bits per heavy atom. The van der Waals surface area contributed by atoms with Gasteiger partial charge in [-0.15, -0.1) is 0 Å². The first-order valence-electron chi connectivity index (χ1n) is 9.14. The monoisotopic (exact) mass is 305 g/mol. The largest absolute Gasteiger partial charge is 0.263 e. The van der Waals surface area contributed by atoms with Crippen molar-refractivity contribution in [2.45, 2.75) is 87.5 Å². The lowest BCUT2D eigenvalue weighted by Crippen LogP contribution is -2.30. The molecule has 128 valence electrons. The summed E-state index contributed by atoms with van der Waals surface area (Å²) in [6.45, 7) is 22.4. The van der Waals surface area contributed by atoms with Crippen molar-refractivity contribution in [1.29, 1.82) is 0 Å². The van der Waals surface area contributed by atoms with Crippen molar-refractivity contribution in [2.24, 2.45) is 33.6 Å². The highest BCUT2D eigenvalue weighted by molar-refractivity contribution is 5.90. The minimum atomic E-state index is 0.149. The summed E-state index contributed by atoms with van der Waals surface area (Å²) in [6.07, 6.45) is 6.73. The molecule has 1 atom stereocenters. The first-order valence-corrected chi connectivity index (χ1v) is 9.14. The van der Waals surface area contributed by atoms with Gasteiger partial charge in [0.2, 0.25) is 0 Å². The number of nitrogens with zero attached hydrogens (tertiary/aromatic N) is 1. The highest BCUT2D eigenvalue weighted by Crippen LogP contribution is 2.42. The second-order valence-corrected chi connectivity index (χ2v) is 9.70. The molecule has 22 heavy (non-hydrogen) atoms. The zero-order valence-corrected chi connectivity index (χ0v) is 16.4. The molecule has 0 bridgehead atoms. The van der Waals surface area contributed by atoms with Crippen LogP contribution in [0.4, 0.5) is 0 Å². The number of hydrogen-bond donors (Lipinski definition) is 0. The smallest absolute Gasteiger partial charge is 0.0300 e. The fourth-order valence-electron chi connectivity index (χ4n) is 3.78. The Kier molecular flexibility index (Phi) is 6.47. The maximum absolute atomic E-state index is 4.76. The molecule has 1 aliphatic carbocycles. The number of allylic oxidation sites excluding steroid dienone is 1. The van der Waals surface area contributed by atoms with E-state index in [1.54, 1.807) is 0 Å². The van der Waals surface area contributed by atoms with Crippen LogP contribution in [0.2, 0.25) is 0 Å². The molecule has 0 radical (unpaired) electrons. The molecule has 0 spiro atoms. The van der Waals surface area contributed by atoms with Crippen molar-refractivity contribution in [2.75, 3.05) is 0 Å². The van der Waals surface area contributed by atoms with Gasteiger partial charge in [-0.2, -0.15) is 0 Å². The zero-order chi connectivity index (χ0) is 17.1. The Hall–Kier alpha value is -0.590. The molecule has 0 aromatic heterocycles. The number of rotatable bonds is 4. The highest BCUT2D eigenvalue weighted by atomic mass is 14.8. The summed E-state index contributed by atoms with van der Waals surface area (Å²) < 4.78 is 0. The van der Waals surface area contributed by atoms with Crippen molar-refractivity contribution in [1.82, 2.24) is 0 Å². The van der Waals surface area contributed by atoms with Gasteiger partial charge in [-0.05, 0) is 62.2 Å². The van der Waals surface area contributed by atoms with E-state index in [1.807, 2.05) is 6.92 Å². The SMILES string of the molecule is C=C(C)N=C(CC(C)C1CCC(C(C)(C)C)CC1)C(C)(C)C. The lowest BCUT2D eigenvalue weighted by molar-refractivity contribution is 0.129. The first kappa shape index (κ1) is 19.5. The Labute approximate surface area is 139 Å². The van der Waals surface area contributed by atoms with Crippen LogP contribution in [0.1, 0.15) is 87.5 Å². The molecule has 0 aromatic rings. The summed E-state index contributed by atoms with van der Waals surface area (Å²) in [5.74, 6) is 2.51. The van der Waals surface area contributed by atoms with Crippen LogP contribution in [0.3, 0.4) is 0 Å². The zero-order valence-electron chi connectivity index (χ0n) is 16.4. The molecule has 0 aromatic carbocycles. The molecule has 0 heterocycles. The number of aliphatic imine (C=N–C) groups is 1. The summed E-state index contributed by atoms with van der Waals surface area (Å²) in [7, 11) is 0. The van der Waals surface area contributed by atoms with Gasteiger partial charge in [-0.25, -0.2) is 0 Å². The van der Waals surface area contributed by atoms with Crippen molar-refractivity contribution in [3.63, 3.8) is 0 Å². The first-order chi connectivity index (χ1) is 9.91. The minimum Gasteiger partial charge on any atom is -0.263 e. The lowest BCUT2D eigenvalue weighted by atomic mass is 9.66. The normalized spacial score (nSPS) is 25.9. The quantitative estimate of drug-likeness (QED) is 0.502. The molecule has 0 aliphatic heterocycles. The summed E-state index contributed by atoms with van der Waals surface area (Å²) in [5.41, 5.74) is 2.89. The second kappa shape index (κ2) is 7.32. The fraction of sp³-hybridized carbons (Fsp3) is 0.857. The van der Waals surface area contributed by atoms with Gasteiger partial charge in [0, 0.05) is 16.8 Å². The predicted molar refractivity (Wildman–Crippen MR) is 100 cm³/mol. The van der Waals surface area contributed by atoms with E-state index in [4.69, 9.17) is 4.99 Å². The maximum atomic E-state index is 4.76. The van der Waals surface area contributed by atoms with Crippen LogP contribution in [-0.4, -0.2) is 5.71 Å². The van der Waals surface area contributed by atoms with Gasteiger partial charge in [0.15, 0.2) is 0 Å². The van der Waals surface area contributed by atoms with E-state index < -0.39 is 0 Å². The molecular weight excluding hydrogens is 266 g/mol. The molecule has 1 nitrogen and oxygen atoms in total. The van der Waals surface area contributed by atoms with Gasteiger partial charge < -0.3 is 0 Å². The third kappa shape index (κ3) is 5.89. The summed E-state index contributed by atoms with van der Waals surface area (Å²) in [6, 6.07) is 0. The Morgan fingerprint density at radius 1 is 1.05 bits per heavy atom. The van der Waals surface area contributed by atoms with Gasteiger partial charge in [0.1, 0.15) is 0 Å². The van der Waals surface area contributed by atoms with E-state index in [0.717, 1.165) is 29.9 Å². The third-order valence-electron chi connectivity index (χ3n) is 5.51.